The van der Waals surface area contributed by atoms with Gasteiger partial charge in [-0.15, -0.1) is 0 Å². The second-order valence-corrected chi connectivity index (χ2v) is 23.5. The van der Waals surface area contributed by atoms with Crippen LogP contribution >= 0.6 is 0 Å². The number of aromatic hydroxyl groups is 1. The van der Waals surface area contributed by atoms with E-state index in [2.05, 4.69) is 50.2 Å². The number of rotatable bonds is 30. The average Bonchev–Trinajstić information content (AvgIpc) is 3.66. The van der Waals surface area contributed by atoms with Crippen molar-refractivity contribution in [3.63, 3.8) is 0 Å². The number of unbranched alkanes of at least 4 members (excludes halogenated alkanes) is 4. The number of hydrogen-bond donors (Lipinski definition) is 1. The Morgan fingerprint density at radius 3 is 1.17 bits per heavy atom. The Kier molecular flexibility index (Phi) is 25.8. The second-order valence-electron chi connectivity index (χ2n) is 19.5. The Labute approximate surface area is 477 Å². The van der Waals surface area contributed by atoms with Gasteiger partial charge in [-0.1, -0.05) is 141 Å². The third-order valence-corrected chi connectivity index (χ3v) is 16.7. The maximum Gasteiger partial charge on any atom is 0.453 e. The second kappa shape index (κ2) is 31.9. The molecule has 0 aliphatic heterocycles. The van der Waals surface area contributed by atoms with Gasteiger partial charge in [-0.3, -0.25) is 4.21 Å². The number of alkyl halides is 10. The molecule has 0 bridgehead atoms. The zero-order valence-corrected chi connectivity index (χ0v) is 47.5. The Bertz CT molecular complexity index is 3040. The normalized spacial score (nSPS) is 13.3. The van der Waals surface area contributed by atoms with Crippen LogP contribution in [0.2, 0.25) is 0 Å². The molecule has 18 heteroatoms. The number of ether oxygens (including phenoxy) is 2. The summed E-state index contributed by atoms with van der Waals surface area (Å²) in [5.41, 5.74) is 11.1. The molecule has 6 rings (SSSR count). The van der Waals surface area contributed by atoms with Gasteiger partial charge in [0.25, 0.3) is 0 Å². The molecule has 1 unspecified atom stereocenters. The molecule has 0 aliphatic carbocycles. The first-order valence-corrected chi connectivity index (χ1v) is 30.6. The molecule has 444 valence electrons. The molecule has 82 heavy (non-hydrogen) atoms. The number of hydrogen-bond acceptors (Lipinski definition) is 6. The van der Waals surface area contributed by atoms with Crippen molar-refractivity contribution in [2.24, 2.45) is 0 Å². The molecule has 6 aromatic carbocycles. The van der Waals surface area contributed by atoms with Crippen molar-refractivity contribution < 1.29 is 71.1 Å². The summed E-state index contributed by atoms with van der Waals surface area (Å²) in [4.78, 5) is 0. The molecular formula is C64H70F10O6S2. The first-order valence-electron chi connectivity index (χ1n) is 27.3. The number of allylic oxidation sites excluding steroid dienone is 2. The van der Waals surface area contributed by atoms with Crippen LogP contribution in [0.3, 0.4) is 0 Å². The van der Waals surface area contributed by atoms with Crippen LogP contribution in [0.5, 0.6) is 17.2 Å². The number of phenols is 1. The number of sulfone groups is 1. The predicted octanol–water partition coefficient (Wildman–Crippen LogP) is 18.0. The molecule has 0 saturated carbocycles. The van der Waals surface area contributed by atoms with Crippen LogP contribution in [0.25, 0.3) is 22.3 Å². The van der Waals surface area contributed by atoms with E-state index in [0.29, 0.717) is 56.8 Å². The van der Waals surface area contributed by atoms with Crippen LogP contribution in [-0.4, -0.2) is 78.2 Å². The van der Waals surface area contributed by atoms with Gasteiger partial charge in [-0.25, -0.2) is 8.42 Å². The lowest BCUT2D eigenvalue weighted by Crippen LogP contribution is -2.36. The maximum atomic E-state index is 13.0. The fraction of sp³-hybridized carbons (Fsp3) is 0.375. The van der Waals surface area contributed by atoms with E-state index >= 15 is 0 Å². The Balaban J connectivity index is 0.000000301. The van der Waals surface area contributed by atoms with E-state index in [1.165, 1.54) is 11.1 Å². The molecule has 0 saturated heterocycles. The summed E-state index contributed by atoms with van der Waals surface area (Å²) in [6.45, 7) is 5.06. The molecule has 6 nitrogen and oxygen atoms in total. The van der Waals surface area contributed by atoms with Crippen LogP contribution in [0.15, 0.2) is 164 Å². The molecule has 0 amide bonds. The van der Waals surface area contributed by atoms with Crippen molar-refractivity contribution in [2.45, 2.75) is 115 Å². The first kappa shape index (κ1) is 66.4. The lowest BCUT2D eigenvalue weighted by Gasteiger charge is -2.19. The van der Waals surface area contributed by atoms with Crippen molar-refractivity contribution in [3.05, 3.63) is 197 Å². The molecule has 0 spiro atoms. The van der Waals surface area contributed by atoms with Gasteiger partial charge in [0.1, 0.15) is 27.1 Å². The van der Waals surface area contributed by atoms with Gasteiger partial charge >= 0.3 is 24.2 Å². The molecule has 0 heterocycles. The van der Waals surface area contributed by atoms with Crippen molar-refractivity contribution >= 4 is 42.9 Å². The molecule has 1 atom stereocenters. The van der Waals surface area contributed by atoms with Gasteiger partial charge in [0.15, 0.2) is 0 Å². The van der Waals surface area contributed by atoms with Gasteiger partial charge < -0.3 is 14.6 Å². The quantitative estimate of drug-likeness (QED) is 0.0275. The minimum Gasteiger partial charge on any atom is -0.508 e. The van der Waals surface area contributed by atoms with E-state index in [-0.39, 0.29) is 29.4 Å². The van der Waals surface area contributed by atoms with Crippen LogP contribution < -0.4 is 9.47 Å². The summed E-state index contributed by atoms with van der Waals surface area (Å²) in [5, 5.41) is 9.80. The van der Waals surface area contributed by atoms with Gasteiger partial charge in [0, 0.05) is 35.1 Å². The Morgan fingerprint density at radius 2 is 0.768 bits per heavy atom. The Hall–Kier alpha value is -6.40. The largest absolute Gasteiger partial charge is 0.508 e. The van der Waals surface area contributed by atoms with Gasteiger partial charge in [-0.05, 0) is 156 Å². The smallest absolute Gasteiger partial charge is 0.453 e. The summed E-state index contributed by atoms with van der Waals surface area (Å²) < 4.78 is 173. The highest BCUT2D eigenvalue weighted by Crippen LogP contribution is 2.41. The monoisotopic (exact) mass is 1190 g/mol. The van der Waals surface area contributed by atoms with E-state index < -0.39 is 76.3 Å². The Morgan fingerprint density at radius 1 is 0.427 bits per heavy atom. The molecule has 0 aromatic heterocycles. The molecule has 0 aliphatic rings. The van der Waals surface area contributed by atoms with Crippen LogP contribution in [0, 0.1) is 0 Å². The molecule has 0 radical (unpaired) electrons. The van der Waals surface area contributed by atoms with E-state index in [1.54, 1.807) is 12.1 Å². The number of phenolic OH excluding ortho intramolecular Hbond substituents is 1. The minimum atomic E-state index is -5.67. The molecule has 1 N–H and O–H groups in total. The highest BCUT2D eigenvalue weighted by atomic mass is 32.2. The van der Waals surface area contributed by atoms with Gasteiger partial charge in [0.05, 0.1) is 24.7 Å². The van der Waals surface area contributed by atoms with Gasteiger partial charge in [0.2, 0.25) is 0 Å². The first-order chi connectivity index (χ1) is 38.9. The number of halogens is 10. The molecule has 6 aromatic rings. The molecule has 0 fully saturated rings. The standard InChI is InChI=1S/2C32H35F5O3S/c1-2-29(25-13-6-3-7-14-25)30(26-15-8-4-9-16-26)27-17-19-28(20-18-27)40-22-10-5-11-23-41(38,39)24-12-21-31(33,34)32(35,36)37;1-2-29(24-10-5-3-6-11-24)30(25-12-16-27(38)17-13-25)26-14-18-28(19-15-26)40-21-7-4-8-22-41(39)23-9-20-31(33,34)32(35,36)37/h3-4,6-9,13-20H,2,5,10-12,21-24H2,1H3;3,5-6,10-19,38H,2,4,7-9,20-23H2,1H3/b30-29-;30-29+. The minimum absolute atomic E-state index is 0.168. The van der Waals surface area contributed by atoms with E-state index in [4.69, 9.17) is 9.47 Å². The molecular weight excluding hydrogens is 1120 g/mol. The fourth-order valence-electron chi connectivity index (χ4n) is 9.01. The summed E-state index contributed by atoms with van der Waals surface area (Å²) >= 11 is 0. The lowest BCUT2D eigenvalue weighted by atomic mass is 9.88. The average molecular weight is 1190 g/mol. The fourth-order valence-corrected chi connectivity index (χ4v) is 11.6. The van der Waals surface area contributed by atoms with Crippen LogP contribution in [0.4, 0.5) is 43.9 Å². The SMILES string of the molecule is CC/C(=C(/c1ccc(O)cc1)c1ccc(OCCCCCS(=O)CCCC(F)(F)C(F)(F)F)cc1)c1ccccc1.CC/C(=C(\c1ccccc1)c1ccc(OCCCCCS(=O)(=O)CCCC(F)(F)C(F)(F)F)cc1)c1ccccc1. The van der Waals surface area contributed by atoms with E-state index in [1.807, 2.05) is 115 Å². The lowest BCUT2D eigenvalue weighted by molar-refractivity contribution is -0.284. The van der Waals surface area contributed by atoms with Crippen molar-refractivity contribution in [1.29, 1.82) is 0 Å². The zero-order chi connectivity index (χ0) is 59.8. The summed E-state index contributed by atoms with van der Waals surface area (Å²) in [6, 6.07) is 53.4. The third-order valence-electron chi connectivity index (χ3n) is 13.4. The maximum absolute atomic E-state index is 13.0. The highest BCUT2D eigenvalue weighted by molar-refractivity contribution is 7.91. The van der Waals surface area contributed by atoms with Crippen LogP contribution in [0.1, 0.15) is 124 Å². The van der Waals surface area contributed by atoms with Crippen molar-refractivity contribution in [1.82, 2.24) is 0 Å². The highest BCUT2D eigenvalue weighted by Gasteiger charge is 2.57. The predicted molar refractivity (Wildman–Crippen MR) is 308 cm³/mol. The topological polar surface area (TPSA) is 89.9 Å². The third kappa shape index (κ3) is 21.1. The summed E-state index contributed by atoms with van der Waals surface area (Å²) in [7, 11) is -5.13. The van der Waals surface area contributed by atoms with Crippen LogP contribution in [-0.2, 0) is 20.6 Å². The van der Waals surface area contributed by atoms with Crippen molar-refractivity contribution in [3.8, 4) is 17.2 Å². The van der Waals surface area contributed by atoms with E-state index in [0.717, 1.165) is 57.4 Å². The summed E-state index contributed by atoms with van der Waals surface area (Å²) in [5.74, 6) is -8.89. The number of benzene rings is 6. The zero-order valence-electron chi connectivity index (χ0n) is 45.9. The summed E-state index contributed by atoms with van der Waals surface area (Å²) in [6.07, 6.45) is -10.3. The van der Waals surface area contributed by atoms with Crippen molar-refractivity contribution in [2.75, 3.05) is 36.2 Å². The van der Waals surface area contributed by atoms with Gasteiger partial charge in [-0.2, -0.15) is 43.9 Å². The van der Waals surface area contributed by atoms with E-state index in [9.17, 15) is 61.6 Å².